The van der Waals surface area contributed by atoms with Crippen LogP contribution in [0.3, 0.4) is 0 Å². The first-order chi connectivity index (χ1) is 24.6. The third-order valence-electron chi connectivity index (χ3n) is 8.89. The first-order valence-corrected chi connectivity index (χ1v) is 21.2. The highest BCUT2D eigenvalue weighted by Gasteiger charge is 2.17. The number of allylic oxidation sites excluding steroid dienone is 8. The van der Waals surface area contributed by atoms with Crippen LogP contribution >= 0.6 is 0 Å². The molecule has 0 aromatic carbocycles. The van der Waals surface area contributed by atoms with Crippen molar-refractivity contribution in [2.24, 2.45) is 0 Å². The lowest BCUT2D eigenvalue weighted by atomic mass is 10.0. The van der Waals surface area contributed by atoms with E-state index in [0.717, 1.165) is 51.4 Å². The monoisotopic (exact) mass is 701 g/mol. The second-order valence-electron chi connectivity index (χ2n) is 13.9. The molecule has 0 radical (unpaired) electrons. The Kier molecular flexibility index (Phi) is 39.5. The number of esters is 2. The van der Waals surface area contributed by atoms with Gasteiger partial charge in [0.1, 0.15) is 6.61 Å². The number of hydrogen-bond donors (Lipinski definition) is 0. The first kappa shape index (κ1) is 47.9. The van der Waals surface area contributed by atoms with Gasteiger partial charge in [0.2, 0.25) is 0 Å². The Morgan fingerprint density at radius 3 is 1.40 bits per heavy atom. The van der Waals surface area contributed by atoms with Crippen molar-refractivity contribution in [1.82, 2.24) is 0 Å². The van der Waals surface area contributed by atoms with E-state index in [4.69, 9.17) is 14.2 Å². The Morgan fingerprint density at radius 2 is 0.900 bits per heavy atom. The Hall–Kier alpha value is -2.14. The fraction of sp³-hybridized carbons (Fsp3) is 0.778. The molecule has 0 N–H and O–H groups in total. The molecule has 0 amide bonds. The van der Waals surface area contributed by atoms with Crippen LogP contribution in [0.1, 0.15) is 201 Å². The third kappa shape index (κ3) is 38.7. The van der Waals surface area contributed by atoms with Crippen molar-refractivity contribution in [3.05, 3.63) is 48.6 Å². The molecule has 290 valence electrons. The molecule has 50 heavy (non-hydrogen) atoms. The van der Waals surface area contributed by atoms with Crippen LogP contribution in [-0.4, -0.2) is 37.9 Å². The van der Waals surface area contributed by atoms with Gasteiger partial charge in [-0.3, -0.25) is 9.59 Å². The predicted octanol–water partition coefficient (Wildman–Crippen LogP) is 13.7. The largest absolute Gasteiger partial charge is 0.462 e. The minimum Gasteiger partial charge on any atom is -0.462 e. The molecule has 0 heterocycles. The topological polar surface area (TPSA) is 61.8 Å². The summed E-state index contributed by atoms with van der Waals surface area (Å²) in [5.41, 5.74) is 0. The van der Waals surface area contributed by atoms with Crippen LogP contribution in [0, 0.1) is 0 Å². The van der Waals surface area contributed by atoms with Gasteiger partial charge in [-0.25, -0.2) is 0 Å². The Balaban J connectivity index is 4.21. The molecule has 0 aliphatic carbocycles. The second kappa shape index (κ2) is 41.3. The molecule has 0 bridgehead atoms. The summed E-state index contributed by atoms with van der Waals surface area (Å²) in [5, 5.41) is 0. The van der Waals surface area contributed by atoms with Gasteiger partial charge in [-0.2, -0.15) is 0 Å². The predicted molar refractivity (Wildman–Crippen MR) is 215 cm³/mol. The highest BCUT2D eigenvalue weighted by Crippen LogP contribution is 2.14. The number of hydrogen-bond acceptors (Lipinski definition) is 5. The Labute approximate surface area is 310 Å². The van der Waals surface area contributed by atoms with Gasteiger partial charge in [-0.15, -0.1) is 0 Å². The van der Waals surface area contributed by atoms with E-state index in [1.54, 1.807) is 0 Å². The molecular weight excluding hydrogens is 620 g/mol. The fourth-order valence-electron chi connectivity index (χ4n) is 5.76. The first-order valence-electron chi connectivity index (χ1n) is 21.2. The highest BCUT2D eigenvalue weighted by atomic mass is 16.6. The van der Waals surface area contributed by atoms with E-state index in [1.807, 2.05) is 6.08 Å². The van der Waals surface area contributed by atoms with Crippen molar-refractivity contribution >= 4 is 11.9 Å². The third-order valence-corrected chi connectivity index (χ3v) is 8.89. The van der Waals surface area contributed by atoms with E-state index in [0.29, 0.717) is 25.9 Å². The van der Waals surface area contributed by atoms with Crippen molar-refractivity contribution in [2.45, 2.75) is 207 Å². The maximum Gasteiger partial charge on any atom is 0.306 e. The lowest BCUT2D eigenvalue weighted by Crippen LogP contribution is -2.30. The summed E-state index contributed by atoms with van der Waals surface area (Å²) in [5.74, 6) is -0.490. The SMILES string of the molecule is CC/C=C\C/C=C\C/C=C\C/C=C\CCC(=O)OC(COCCCCCCCC)COC(=O)CCCCCCCCCCCCCCCCC. The molecule has 0 spiro atoms. The van der Waals surface area contributed by atoms with E-state index < -0.39 is 6.10 Å². The lowest BCUT2D eigenvalue weighted by Gasteiger charge is -2.18. The van der Waals surface area contributed by atoms with Gasteiger partial charge in [-0.05, 0) is 44.9 Å². The summed E-state index contributed by atoms with van der Waals surface area (Å²) < 4.78 is 17.1. The van der Waals surface area contributed by atoms with Gasteiger partial charge in [-0.1, -0.05) is 191 Å². The van der Waals surface area contributed by atoms with Crippen molar-refractivity contribution in [3.8, 4) is 0 Å². The zero-order chi connectivity index (χ0) is 36.4. The molecule has 0 saturated heterocycles. The van der Waals surface area contributed by atoms with E-state index in [-0.39, 0.29) is 25.2 Å². The zero-order valence-electron chi connectivity index (χ0n) is 33.2. The summed E-state index contributed by atoms with van der Waals surface area (Å²) in [7, 11) is 0. The lowest BCUT2D eigenvalue weighted by molar-refractivity contribution is -0.162. The summed E-state index contributed by atoms with van der Waals surface area (Å²) in [6.07, 6.45) is 48.4. The summed E-state index contributed by atoms with van der Waals surface area (Å²) in [4.78, 5) is 25.0. The number of carbonyl (C=O) groups excluding carboxylic acids is 2. The van der Waals surface area contributed by atoms with Crippen molar-refractivity contribution in [2.75, 3.05) is 19.8 Å². The van der Waals surface area contributed by atoms with Crippen molar-refractivity contribution in [1.29, 1.82) is 0 Å². The summed E-state index contributed by atoms with van der Waals surface area (Å²) in [6.45, 7) is 7.60. The minimum absolute atomic E-state index is 0.0593. The quantitative estimate of drug-likeness (QED) is 0.0364. The van der Waals surface area contributed by atoms with E-state index in [1.165, 1.54) is 109 Å². The van der Waals surface area contributed by atoms with Gasteiger partial charge >= 0.3 is 11.9 Å². The van der Waals surface area contributed by atoms with Crippen LogP contribution in [0.2, 0.25) is 0 Å². The Bertz CT molecular complexity index is 842. The molecule has 0 aromatic heterocycles. The average molecular weight is 701 g/mol. The second-order valence-corrected chi connectivity index (χ2v) is 13.9. The minimum atomic E-state index is -0.565. The smallest absolute Gasteiger partial charge is 0.306 e. The van der Waals surface area contributed by atoms with Crippen LogP contribution in [0.4, 0.5) is 0 Å². The molecule has 1 unspecified atom stereocenters. The van der Waals surface area contributed by atoms with E-state index in [9.17, 15) is 9.59 Å². The molecule has 0 rings (SSSR count). The van der Waals surface area contributed by atoms with Crippen LogP contribution in [-0.2, 0) is 23.8 Å². The van der Waals surface area contributed by atoms with Crippen molar-refractivity contribution < 1.29 is 23.8 Å². The van der Waals surface area contributed by atoms with Gasteiger partial charge in [0.05, 0.1) is 6.61 Å². The molecule has 5 nitrogen and oxygen atoms in total. The zero-order valence-corrected chi connectivity index (χ0v) is 33.2. The number of rotatable bonds is 38. The average Bonchev–Trinajstić information content (AvgIpc) is 3.11. The maximum atomic E-state index is 12.6. The summed E-state index contributed by atoms with van der Waals surface area (Å²) in [6, 6.07) is 0. The molecule has 0 saturated carbocycles. The van der Waals surface area contributed by atoms with Crippen LogP contribution in [0.5, 0.6) is 0 Å². The van der Waals surface area contributed by atoms with Gasteiger partial charge in [0.25, 0.3) is 0 Å². The molecule has 5 heteroatoms. The van der Waals surface area contributed by atoms with Crippen LogP contribution in [0.25, 0.3) is 0 Å². The van der Waals surface area contributed by atoms with E-state index >= 15 is 0 Å². The Morgan fingerprint density at radius 1 is 0.460 bits per heavy atom. The van der Waals surface area contributed by atoms with Crippen LogP contribution in [0.15, 0.2) is 48.6 Å². The van der Waals surface area contributed by atoms with Gasteiger partial charge in [0.15, 0.2) is 6.10 Å². The number of unbranched alkanes of at least 4 members (excludes halogenated alkanes) is 19. The molecule has 0 aliphatic rings. The van der Waals surface area contributed by atoms with Crippen molar-refractivity contribution in [3.63, 3.8) is 0 Å². The molecule has 0 aromatic rings. The maximum absolute atomic E-state index is 12.6. The number of carbonyl (C=O) groups is 2. The standard InChI is InChI=1S/C45H80O5/c1-4-7-10-13-16-18-20-22-23-25-26-28-30-32-35-38-44(46)49-42-43(41-48-40-37-34-15-12-9-6-3)50-45(47)39-36-33-31-29-27-24-21-19-17-14-11-8-5-2/h8,11,17,19,24,27,31,33,43H,4-7,9-10,12-16,18,20-23,25-26,28-30,32,34-42H2,1-3H3/b11-8-,19-17-,27-24-,33-31-. The van der Waals surface area contributed by atoms with E-state index in [2.05, 4.69) is 63.3 Å². The molecule has 0 aliphatic heterocycles. The van der Waals surface area contributed by atoms with Gasteiger partial charge in [0, 0.05) is 19.4 Å². The molecule has 0 fully saturated rings. The van der Waals surface area contributed by atoms with Crippen LogP contribution < -0.4 is 0 Å². The molecule has 1 atom stereocenters. The number of ether oxygens (including phenoxy) is 3. The summed E-state index contributed by atoms with van der Waals surface area (Å²) >= 11 is 0. The molecular formula is C45H80O5. The highest BCUT2D eigenvalue weighted by molar-refractivity contribution is 5.70. The van der Waals surface area contributed by atoms with Gasteiger partial charge < -0.3 is 14.2 Å². The fourth-order valence-corrected chi connectivity index (χ4v) is 5.76. The normalized spacial score (nSPS) is 12.6.